The number of rotatable bonds is 7. The Labute approximate surface area is 211 Å². The number of nitrogens with zero attached hydrogens (tertiary/aromatic N) is 3. The average Bonchev–Trinajstić information content (AvgIpc) is 3.44. The molecule has 2 aromatic carbocycles. The van der Waals surface area contributed by atoms with Crippen molar-refractivity contribution in [3.05, 3.63) is 106 Å². The first-order chi connectivity index (χ1) is 17.9. The first-order valence-electron chi connectivity index (χ1n) is 11.5. The summed E-state index contributed by atoms with van der Waals surface area (Å²) in [5.74, 6) is -1.45. The Balaban J connectivity index is 1.55. The minimum absolute atomic E-state index is 0.0665. The molecular weight excluding hydrogens is 476 g/mol. The predicted octanol–water partition coefficient (Wildman–Crippen LogP) is 4.14. The van der Waals surface area contributed by atoms with Crippen molar-refractivity contribution in [1.29, 1.82) is 0 Å². The molecule has 37 heavy (non-hydrogen) atoms. The highest BCUT2D eigenvalue weighted by molar-refractivity contribution is 6.46. The number of non-ortho nitro benzene ring substituents is 1. The molecule has 10 heteroatoms. The van der Waals surface area contributed by atoms with Gasteiger partial charge in [0.1, 0.15) is 17.6 Å². The number of Topliss-reactive ketones (excluding diaryl/α,β-unsaturated/α-hetero) is 1. The predicted molar refractivity (Wildman–Crippen MR) is 135 cm³/mol. The first-order valence-corrected chi connectivity index (χ1v) is 11.5. The third-order valence-electron chi connectivity index (χ3n) is 6.43. The van der Waals surface area contributed by atoms with Crippen molar-refractivity contribution in [2.75, 3.05) is 13.7 Å². The van der Waals surface area contributed by atoms with Crippen LogP contribution in [0.2, 0.25) is 0 Å². The summed E-state index contributed by atoms with van der Waals surface area (Å²) < 4.78 is 5.33. The lowest BCUT2D eigenvalue weighted by Crippen LogP contribution is -2.32. The quantitative estimate of drug-likeness (QED) is 0.128. The summed E-state index contributed by atoms with van der Waals surface area (Å²) in [6.07, 6.45) is 3.80. The fourth-order valence-corrected chi connectivity index (χ4v) is 4.61. The van der Waals surface area contributed by atoms with Crippen LogP contribution in [-0.4, -0.2) is 50.2 Å². The molecule has 1 atom stereocenters. The number of aliphatic hydroxyl groups excluding tert-OH is 1. The molecule has 0 spiro atoms. The summed E-state index contributed by atoms with van der Waals surface area (Å²) in [5.41, 5.74) is 1.89. The number of nitro benzene ring substituents is 1. The zero-order valence-corrected chi connectivity index (χ0v) is 19.7. The smallest absolute Gasteiger partial charge is 0.295 e. The SMILES string of the molecule is COc1ccc2[nH]cc(CCN3C(=O)C(=O)C(=C(O)c4cccc([N+](=O)[O-])c4)[C@H]3c3ccccn3)c2c1. The van der Waals surface area contributed by atoms with Gasteiger partial charge in [-0.3, -0.25) is 24.7 Å². The Bertz CT molecular complexity index is 1560. The van der Waals surface area contributed by atoms with E-state index in [-0.39, 0.29) is 23.4 Å². The minimum atomic E-state index is -0.958. The molecule has 2 N–H and O–H groups in total. The van der Waals surface area contributed by atoms with Gasteiger partial charge in [-0.05, 0) is 42.3 Å². The minimum Gasteiger partial charge on any atom is -0.507 e. The van der Waals surface area contributed by atoms with Crippen LogP contribution in [0, 0.1) is 10.1 Å². The number of pyridine rings is 1. The zero-order chi connectivity index (χ0) is 26.1. The van der Waals surface area contributed by atoms with Crippen molar-refractivity contribution in [3.8, 4) is 5.75 Å². The Morgan fingerprint density at radius 1 is 1.16 bits per heavy atom. The number of carbonyl (C=O) groups excluding carboxylic acids is 2. The summed E-state index contributed by atoms with van der Waals surface area (Å²) in [7, 11) is 1.58. The molecule has 0 aliphatic carbocycles. The highest BCUT2D eigenvalue weighted by atomic mass is 16.6. The van der Waals surface area contributed by atoms with E-state index in [1.165, 1.54) is 29.3 Å². The molecule has 3 heterocycles. The Morgan fingerprint density at radius 3 is 2.73 bits per heavy atom. The maximum Gasteiger partial charge on any atom is 0.295 e. The van der Waals surface area contributed by atoms with E-state index in [0.29, 0.717) is 17.9 Å². The number of methoxy groups -OCH3 is 1. The van der Waals surface area contributed by atoms with Crippen LogP contribution in [0.15, 0.2) is 78.6 Å². The molecule has 0 unspecified atom stereocenters. The number of hydrogen-bond donors (Lipinski definition) is 2. The molecule has 1 fully saturated rings. The van der Waals surface area contributed by atoms with Crippen LogP contribution in [-0.2, 0) is 16.0 Å². The third-order valence-corrected chi connectivity index (χ3v) is 6.43. The van der Waals surface area contributed by atoms with Gasteiger partial charge in [-0.15, -0.1) is 0 Å². The monoisotopic (exact) mass is 498 g/mol. The molecule has 0 radical (unpaired) electrons. The van der Waals surface area contributed by atoms with E-state index >= 15 is 0 Å². The maximum atomic E-state index is 13.2. The molecule has 10 nitrogen and oxygen atoms in total. The molecule has 2 aromatic heterocycles. The summed E-state index contributed by atoms with van der Waals surface area (Å²) in [5, 5.41) is 23.3. The van der Waals surface area contributed by atoms with Gasteiger partial charge in [-0.2, -0.15) is 0 Å². The van der Waals surface area contributed by atoms with Crippen molar-refractivity contribution in [2.24, 2.45) is 0 Å². The van der Waals surface area contributed by atoms with Crippen LogP contribution >= 0.6 is 0 Å². The number of nitro groups is 1. The van der Waals surface area contributed by atoms with Crippen molar-refractivity contribution >= 4 is 34.0 Å². The van der Waals surface area contributed by atoms with E-state index in [1.807, 2.05) is 24.4 Å². The number of aromatic amines is 1. The van der Waals surface area contributed by atoms with E-state index in [4.69, 9.17) is 4.74 Å². The van der Waals surface area contributed by atoms with Gasteiger partial charge in [0.2, 0.25) is 0 Å². The van der Waals surface area contributed by atoms with Gasteiger partial charge >= 0.3 is 0 Å². The van der Waals surface area contributed by atoms with E-state index in [1.54, 1.807) is 25.3 Å². The van der Waals surface area contributed by atoms with Gasteiger partial charge in [-0.1, -0.05) is 18.2 Å². The van der Waals surface area contributed by atoms with Gasteiger partial charge in [0.15, 0.2) is 0 Å². The molecule has 4 aromatic rings. The number of fused-ring (bicyclic) bond motifs is 1. The summed E-state index contributed by atoms with van der Waals surface area (Å²) in [6.45, 7) is 0.168. The fraction of sp³-hybridized carbons (Fsp3) is 0.148. The molecular formula is C27H22N4O6. The van der Waals surface area contributed by atoms with E-state index in [9.17, 15) is 24.8 Å². The number of ether oxygens (including phenoxy) is 1. The molecule has 1 amide bonds. The standard InChI is InChI=1S/C27H22N4O6/c1-37-19-8-9-21-20(14-19)17(15-29-21)10-12-30-24(22-7-2-3-11-28-22)23(26(33)27(30)34)25(32)16-5-4-6-18(13-16)31(35)36/h2-9,11,13-15,24,29,32H,10,12H2,1H3/t24-/m1/s1. The summed E-state index contributed by atoms with van der Waals surface area (Å²) in [6, 6.07) is 15.1. The van der Waals surface area contributed by atoms with E-state index in [2.05, 4.69) is 9.97 Å². The Kier molecular flexibility index (Phi) is 6.14. The van der Waals surface area contributed by atoms with E-state index < -0.39 is 28.4 Å². The number of benzene rings is 2. The number of hydrogen-bond acceptors (Lipinski definition) is 7. The lowest BCUT2D eigenvalue weighted by molar-refractivity contribution is -0.384. The molecule has 0 saturated carbocycles. The normalized spacial score (nSPS) is 16.9. The fourth-order valence-electron chi connectivity index (χ4n) is 4.61. The molecule has 186 valence electrons. The number of H-pyrrole nitrogens is 1. The molecule has 1 saturated heterocycles. The van der Waals surface area contributed by atoms with Crippen LogP contribution < -0.4 is 4.74 Å². The second-order valence-electron chi connectivity index (χ2n) is 8.53. The highest BCUT2D eigenvalue weighted by Crippen LogP contribution is 2.39. The van der Waals surface area contributed by atoms with Crippen molar-refractivity contribution in [3.63, 3.8) is 0 Å². The second kappa shape index (κ2) is 9.57. The lowest BCUT2D eigenvalue weighted by atomic mass is 9.98. The van der Waals surface area contributed by atoms with Crippen LogP contribution in [0.25, 0.3) is 16.7 Å². The number of aromatic nitrogens is 2. The van der Waals surface area contributed by atoms with Gasteiger partial charge in [0.25, 0.3) is 17.4 Å². The molecule has 1 aliphatic heterocycles. The summed E-state index contributed by atoms with van der Waals surface area (Å²) >= 11 is 0. The number of carbonyl (C=O) groups is 2. The Morgan fingerprint density at radius 2 is 2.00 bits per heavy atom. The number of nitrogens with one attached hydrogen (secondary N) is 1. The van der Waals surface area contributed by atoms with Crippen LogP contribution in [0.3, 0.4) is 0 Å². The van der Waals surface area contributed by atoms with Crippen molar-refractivity contribution in [1.82, 2.24) is 14.9 Å². The number of ketones is 1. The van der Waals surface area contributed by atoms with Gasteiger partial charge in [-0.25, -0.2) is 0 Å². The highest BCUT2D eigenvalue weighted by Gasteiger charge is 2.46. The van der Waals surface area contributed by atoms with Crippen LogP contribution in [0.4, 0.5) is 5.69 Å². The number of aliphatic hydroxyl groups is 1. The van der Waals surface area contributed by atoms with Crippen LogP contribution in [0.1, 0.15) is 22.9 Å². The van der Waals surface area contributed by atoms with Crippen LogP contribution in [0.5, 0.6) is 5.75 Å². The van der Waals surface area contributed by atoms with Gasteiger partial charge in [0, 0.05) is 47.5 Å². The number of amides is 1. The van der Waals surface area contributed by atoms with E-state index in [0.717, 1.165) is 22.5 Å². The Hall–Kier alpha value is -4.99. The molecule has 0 bridgehead atoms. The molecule has 5 rings (SSSR count). The second-order valence-corrected chi connectivity index (χ2v) is 8.53. The number of likely N-dealkylation sites (tertiary alicyclic amines) is 1. The third kappa shape index (κ3) is 4.29. The van der Waals surface area contributed by atoms with Crippen molar-refractivity contribution in [2.45, 2.75) is 12.5 Å². The largest absolute Gasteiger partial charge is 0.507 e. The summed E-state index contributed by atoms with van der Waals surface area (Å²) in [4.78, 5) is 46.0. The van der Waals surface area contributed by atoms with Gasteiger partial charge in [0.05, 0.1) is 23.3 Å². The average molecular weight is 498 g/mol. The van der Waals surface area contributed by atoms with Gasteiger partial charge < -0.3 is 19.7 Å². The molecule has 1 aliphatic rings. The zero-order valence-electron chi connectivity index (χ0n) is 19.7. The van der Waals surface area contributed by atoms with Crippen molar-refractivity contribution < 1.29 is 24.4 Å². The first kappa shape index (κ1) is 23.7. The topological polar surface area (TPSA) is 139 Å². The lowest BCUT2D eigenvalue weighted by Gasteiger charge is -2.24. The maximum absolute atomic E-state index is 13.2.